The Labute approximate surface area is 104 Å². The second-order valence-corrected chi connectivity index (χ2v) is 4.75. The molecule has 16 heavy (non-hydrogen) atoms. The van der Waals surface area contributed by atoms with Crippen LogP contribution in [0.25, 0.3) is 11.3 Å². The molecular formula is C12H12N2S2. The Morgan fingerprint density at radius 3 is 2.31 bits per heavy atom. The fourth-order valence-electron chi connectivity index (χ4n) is 1.36. The molecule has 0 radical (unpaired) electrons. The zero-order valence-electron chi connectivity index (χ0n) is 9.18. The first-order valence-corrected chi connectivity index (χ1v) is 7.31. The summed E-state index contributed by atoms with van der Waals surface area (Å²) in [4.78, 5) is 8.92. The maximum atomic E-state index is 4.51. The van der Waals surface area contributed by atoms with Gasteiger partial charge in [-0.05, 0) is 18.6 Å². The third-order valence-corrected chi connectivity index (χ3v) is 3.32. The fraction of sp³-hybridized carbons (Fsp3) is 0.167. The van der Waals surface area contributed by atoms with Gasteiger partial charge in [0, 0.05) is 5.56 Å². The van der Waals surface area contributed by atoms with Gasteiger partial charge in [0.25, 0.3) is 0 Å². The summed E-state index contributed by atoms with van der Waals surface area (Å²) < 4.78 is 0. The van der Waals surface area contributed by atoms with E-state index in [-0.39, 0.29) is 0 Å². The molecule has 0 saturated heterocycles. The van der Waals surface area contributed by atoms with E-state index >= 15 is 0 Å². The summed E-state index contributed by atoms with van der Waals surface area (Å²) in [6.45, 7) is 0. The van der Waals surface area contributed by atoms with Crippen molar-refractivity contribution in [3.8, 4) is 11.3 Å². The van der Waals surface area contributed by atoms with Crippen LogP contribution in [0.2, 0.25) is 0 Å². The highest BCUT2D eigenvalue weighted by Gasteiger charge is 2.04. The van der Waals surface area contributed by atoms with Crippen molar-refractivity contribution in [1.82, 2.24) is 9.97 Å². The molecular weight excluding hydrogens is 236 g/mol. The molecule has 0 N–H and O–H groups in total. The molecule has 2 aromatic rings. The van der Waals surface area contributed by atoms with E-state index in [4.69, 9.17) is 0 Å². The van der Waals surface area contributed by atoms with Gasteiger partial charge in [-0.25, -0.2) is 9.97 Å². The molecule has 0 fully saturated rings. The van der Waals surface area contributed by atoms with E-state index in [1.165, 1.54) is 0 Å². The van der Waals surface area contributed by atoms with Crippen molar-refractivity contribution in [3.05, 3.63) is 36.4 Å². The molecule has 0 aliphatic heterocycles. The minimum Gasteiger partial charge on any atom is -0.222 e. The largest absolute Gasteiger partial charge is 0.222 e. The Kier molecular flexibility index (Phi) is 3.85. The Morgan fingerprint density at radius 2 is 1.69 bits per heavy atom. The van der Waals surface area contributed by atoms with Crippen LogP contribution in [0.15, 0.2) is 46.6 Å². The minimum absolute atomic E-state index is 0.825. The third kappa shape index (κ3) is 2.57. The van der Waals surface area contributed by atoms with Gasteiger partial charge in [0.2, 0.25) is 0 Å². The second kappa shape index (κ2) is 5.37. The first kappa shape index (κ1) is 11.5. The Bertz CT molecular complexity index is 449. The van der Waals surface area contributed by atoms with Crippen LogP contribution in [0.4, 0.5) is 0 Å². The monoisotopic (exact) mass is 248 g/mol. The number of thioether (sulfide) groups is 2. The molecule has 0 unspecified atom stereocenters. The van der Waals surface area contributed by atoms with Crippen molar-refractivity contribution < 1.29 is 0 Å². The second-order valence-electron chi connectivity index (χ2n) is 3.15. The lowest BCUT2D eigenvalue weighted by Crippen LogP contribution is -1.91. The summed E-state index contributed by atoms with van der Waals surface area (Å²) in [5.74, 6) is 0. The summed E-state index contributed by atoms with van der Waals surface area (Å²) >= 11 is 3.21. The summed E-state index contributed by atoms with van der Waals surface area (Å²) in [5, 5.41) is 1.84. The van der Waals surface area contributed by atoms with Gasteiger partial charge in [-0.15, -0.1) is 11.8 Å². The van der Waals surface area contributed by atoms with Gasteiger partial charge >= 0.3 is 0 Å². The van der Waals surface area contributed by atoms with Crippen LogP contribution in [0.3, 0.4) is 0 Å². The SMILES string of the molecule is CSc1cc(-c2ccccc2)nc(SC)n1. The number of rotatable bonds is 3. The third-order valence-electron chi connectivity index (χ3n) is 2.14. The van der Waals surface area contributed by atoms with E-state index in [2.05, 4.69) is 22.1 Å². The van der Waals surface area contributed by atoms with Crippen LogP contribution >= 0.6 is 23.5 Å². The fourth-order valence-corrected chi connectivity index (χ4v) is 2.20. The van der Waals surface area contributed by atoms with Gasteiger partial charge in [-0.3, -0.25) is 0 Å². The quantitative estimate of drug-likeness (QED) is 0.471. The molecule has 2 rings (SSSR count). The molecule has 0 spiro atoms. The van der Waals surface area contributed by atoms with Crippen LogP contribution in [-0.4, -0.2) is 22.5 Å². The molecule has 0 aliphatic carbocycles. The Hall–Kier alpha value is -1.00. The maximum absolute atomic E-state index is 4.51. The van der Waals surface area contributed by atoms with E-state index in [1.807, 2.05) is 36.8 Å². The van der Waals surface area contributed by atoms with E-state index < -0.39 is 0 Å². The van der Waals surface area contributed by atoms with Crippen molar-refractivity contribution in [3.63, 3.8) is 0 Å². The van der Waals surface area contributed by atoms with Crippen molar-refractivity contribution in [1.29, 1.82) is 0 Å². The van der Waals surface area contributed by atoms with E-state index in [9.17, 15) is 0 Å². The highest BCUT2D eigenvalue weighted by Crippen LogP contribution is 2.24. The van der Waals surface area contributed by atoms with Crippen molar-refractivity contribution in [2.45, 2.75) is 10.2 Å². The van der Waals surface area contributed by atoms with Crippen LogP contribution in [-0.2, 0) is 0 Å². The van der Waals surface area contributed by atoms with Crippen LogP contribution in [0, 0.1) is 0 Å². The molecule has 0 atom stereocenters. The van der Waals surface area contributed by atoms with Crippen molar-refractivity contribution >= 4 is 23.5 Å². The van der Waals surface area contributed by atoms with Crippen LogP contribution in [0.5, 0.6) is 0 Å². The van der Waals surface area contributed by atoms with Crippen molar-refractivity contribution in [2.24, 2.45) is 0 Å². The number of aromatic nitrogens is 2. The van der Waals surface area contributed by atoms with Gasteiger partial charge in [-0.1, -0.05) is 42.1 Å². The first-order chi connectivity index (χ1) is 7.83. The van der Waals surface area contributed by atoms with Gasteiger partial charge in [0.05, 0.1) is 5.69 Å². The minimum atomic E-state index is 0.825. The molecule has 2 nitrogen and oxygen atoms in total. The van der Waals surface area contributed by atoms with Crippen LogP contribution < -0.4 is 0 Å². The lowest BCUT2D eigenvalue weighted by atomic mass is 10.1. The average molecular weight is 248 g/mol. The first-order valence-electron chi connectivity index (χ1n) is 4.86. The van der Waals surface area contributed by atoms with Gasteiger partial charge in [-0.2, -0.15) is 0 Å². The maximum Gasteiger partial charge on any atom is 0.188 e. The molecule has 4 heteroatoms. The molecule has 1 heterocycles. The zero-order chi connectivity index (χ0) is 11.4. The molecule has 82 valence electrons. The number of hydrogen-bond donors (Lipinski definition) is 0. The summed E-state index contributed by atoms with van der Waals surface area (Å²) in [5.41, 5.74) is 2.12. The Balaban J connectivity index is 2.48. The topological polar surface area (TPSA) is 25.8 Å². The highest BCUT2D eigenvalue weighted by molar-refractivity contribution is 7.99. The smallest absolute Gasteiger partial charge is 0.188 e. The standard InChI is InChI=1S/C12H12N2S2/c1-15-11-8-10(13-12(14-11)16-2)9-6-4-3-5-7-9/h3-8H,1-2H3. The van der Waals surface area contributed by atoms with Gasteiger partial charge in [0.15, 0.2) is 5.16 Å². The van der Waals surface area contributed by atoms with Gasteiger partial charge < -0.3 is 0 Å². The normalized spacial score (nSPS) is 10.4. The molecule has 1 aromatic heterocycles. The summed E-state index contributed by atoms with van der Waals surface area (Å²) in [7, 11) is 0. The predicted molar refractivity (Wildman–Crippen MR) is 71.0 cm³/mol. The molecule has 0 amide bonds. The average Bonchev–Trinajstić information content (AvgIpc) is 2.39. The van der Waals surface area contributed by atoms with E-state index in [1.54, 1.807) is 23.5 Å². The van der Waals surface area contributed by atoms with Crippen molar-refractivity contribution in [2.75, 3.05) is 12.5 Å². The van der Waals surface area contributed by atoms with Crippen LogP contribution in [0.1, 0.15) is 0 Å². The summed E-state index contributed by atoms with van der Waals surface area (Å²) in [6.07, 6.45) is 4.02. The molecule has 0 saturated carbocycles. The predicted octanol–water partition coefficient (Wildman–Crippen LogP) is 3.59. The molecule has 1 aromatic carbocycles. The van der Waals surface area contributed by atoms with E-state index in [0.29, 0.717) is 0 Å². The van der Waals surface area contributed by atoms with Gasteiger partial charge in [0.1, 0.15) is 5.03 Å². The van der Waals surface area contributed by atoms with E-state index in [0.717, 1.165) is 21.4 Å². The lowest BCUT2D eigenvalue weighted by Gasteiger charge is -2.04. The number of benzene rings is 1. The number of hydrogen-bond acceptors (Lipinski definition) is 4. The summed E-state index contributed by atoms with van der Waals surface area (Å²) in [6, 6.07) is 12.2. The molecule has 0 bridgehead atoms. The highest BCUT2D eigenvalue weighted by atomic mass is 32.2. The number of nitrogens with zero attached hydrogens (tertiary/aromatic N) is 2. The molecule has 0 aliphatic rings. The lowest BCUT2D eigenvalue weighted by molar-refractivity contribution is 0.901. The zero-order valence-corrected chi connectivity index (χ0v) is 10.8. The Morgan fingerprint density at radius 1 is 0.938 bits per heavy atom.